The van der Waals surface area contributed by atoms with E-state index >= 15 is 0 Å². The number of para-hydroxylation sites is 1. The van der Waals surface area contributed by atoms with Gasteiger partial charge in [-0.3, -0.25) is 9.59 Å². The number of methoxy groups -OCH3 is 1. The molecule has 0 atom stereocenters. The zero-order valence-corrected chi connectivity index (χ0v) is 14.7. The van der Waals surface area contributed by atoms with Gasteiger partial charge in [-0.2, -0.15) is 0 Å². The highest BCUT2D eigenvalue weighted by atomic mass is 16.5. The Bertz CT molecular complexity index is 767. The molecule has 0 aromatic heterocycles. The summed E-state index contributed by atoms with van der Waals surface area (Å²) in [5.74, 6) is 0.482. The van der Waals surface area contributed by atoms with Gasteiger partial charge in [0.1, 0.15) is 5.75 Å². The van der Waals surface area contributed by atoms with Gasteiger partial charge in [-0.15, -0.1) is 0 Å². The summed E-state index contributed by atoms with van der Waals surface area (Å²) >= 11 is 0. The lowest BCUT2D eigenvalue weighted by Gasteiger charge is -2.15. The van der Waals surface area contributed by atoms with E-state index in [9.17, 15) is 9.59 Å². The van der Waals surface area contributed by atoms with Crippen LogP contribution in [0.2, 0.25) is 0 Å². The van der Waals surface area contributed by atoms with E-state index in [0.717, 1.165) is 16.9 Å². The Morgan fingerprint density at radius 1 is 1.12 bits per heavy atom. The van der Waals surface area contributed by atoms with Crippen molar-refractivity contribution in [2.24, 2.45) is 0 Å². The van der Waals surface area contributed by atoms with Crippen LogP contribution in [0.15, 0.2) is 54.6 Å². The monoisotopic (exact) mass is 338 g/mol. The Kier molecular flexibility index (Phi) is 6.34. The number of amides is 2. The molecule has 0 unspecified atom stereocenters. The van der Waals surface area contributed by atoms with Gasteiger partial charge >= 0.3 is 0 Å². The van der Waals surface area contributed by atoms with Gasteiger partial charge in [0.15, 0.2) is 0 Å². The number of hydrogen-bond acceptors (Lipinski definition) is 3. The second-order valence-corrected chi connectivity index (χ2v) is 5.55. The Labute approximate surface area is 147 Å². The third-order valence-electron chi connectivity index (χ3n) is 3.78. The van der Waals surface area contributed by atoms with E-state index in [1.165, 1.54) is 6.08 Å². The molecule has 2 rings (SSSR count). The molecule has 0 fully saturated rings. The minimum absolute atomic E-state index is 0.110. The van der Waals surface area contributed by atoms with E-state index in [1.54, 1.807) is 44.3 Å². The molecule has 2 aromatic rings. The van der Waals surface area contributed by atoms with Crippen molar-refractivity contribution in [3.63, 3.8) is 0 Å². The Morgan fingerprint density at radius 3 is 2.44 bits per heavy atom. The highest BCUT2D eigenvalue weighted by Crippen LogP contribution is 2.18. The van der Waals surface area contributed by atoms with Crippen LogP contribution >= 0.6 is 0 Å². The first kappa shape index (κ1) is 18.3. The molecule has 0 radical (unpaired) electrons. The summed E-state index contributed by atoms with van der Waals surface area (Å²) in [6.45, 7) is 0.461. The van der Waals surface area contributed by atoms with Crippen molar-refractivity contribution in [3.05, 3.63) is 71.3 Å². The van der Waals surface area contributed by atoms with Crippen LogP contribution in [-0.4, -0.2) is 37.9 Å². The number of benzene rings is 2. The van der Waals surface area contributed by atoms with Crippen LogP contribution in [0.3, 0.4) is 0 Å². The number of rotatable bonds is 6. The molecule has 0 bridgehead atoms. The molecule has 2 amide bonds. The number of carbonyl (C=O) groups is 2. The predicted molar refractivity (Wildman–Crippen MR) is 98.3 cm³/mol. The van der Waals surface area contributed by atoms with E-state index in [4.69, 9.17) is 4.74 Å². The largest absolute Gasteiger partial charge is 0.496 e. The number of likely N-dealkylation sites (N-methyl/N-ethyl adjacent to an activating group) is 1. The first-order valence-electron chi connectivity index (χ1n) is 7.92. The third-order valence-corrected chi connectivity index (χ3v) is 3.78. The normalized spacial score (nSPS) is 10.5. The number of hydrogen-bond donors (Lipinski definition) is 1. The van der Waals surface area contributed by atoms with Crippen molar-refractivity contribution in [1.29, 1.82) is 0 Å². The SMILES string of the molecule is CNC(=O)c1ccc(CN(C)C(=O)/C=C/c2ccccc2OC)cc1. The second-order valence-electron chi connectivity index (χ2n) is 5.55. The fourth-order valence-corrected chi connectivity index (χ4v) is 2.35. The summed E-state index contributed by atoms with van der Waals surface area (Å²) in [4.78, 5) is 25.4. The van der Waals surface area contributed by atoms with Gasteiger partial charge in [0.25, 0.3) is 5.91 Å². The lowest BCUT2D eigenvalue weighted by molar-refractivity contribution is -0.125. The molecule has 0 saturated heterocycles. The number of carbonyl (C=O) groups excluding carboxylic acids is 2. The number of nitrogens with zero attached hydrogens (tertiary/aromatic N) is 1. The molecule has 5 heteroatoms. The smallest absolute Gasteiger partial charge is 0.251 e. The van der Waals surface area contributed by atoms with Crippen molar-refractivity contribution in [2.75, 3.05) is 21.2 Å². The van der Waals surface area contributed by atoms with Gasteiger partial charge < -0.3 is 15.0 Å². The topological polar surface area (TPSA) is 58.6 Å². The van der Waals surface area contributed by atoms with Crippen LogP contribution in [0, 0.1) is 0 Å². The molecule has 2 aromatic carbocycles. The van der Waals surface area contributed by atoms with Crippen LogP contribution < -0.4 is 10.1 Å². The summed E-state index contributed by atoms with van der Waals surface area (Å²) in [5, 5.41) is 2.58. The molecule has 0 aliphatic rings. The standard InChI is InChI=1S/C20H22N2O3/c1-21-20(24)17-10-8-15(9-11-17)14-22(2)19(23)13-12-16-6-4-5-7-18(16)25-3/h4-13H,14H2,1-3H3,(H,21,24)/b13-12+. The molecule has 0 aliphatic carbocycles. The first-order chi connectivity index (χ1) is 12.0. The molecule has 1 N–H and O–H groups in total. The zero-order valence-electron chi connectivity index (χ0n) is 14.7. The molecular formula is C20H22N2O3. The van der Waals surface area contributed by atoms with Gasteiger partial charge in [0.05, 0.1) is 7.11 Å². The maximum Gasteiger partial charge on any atom is 0.251 e. The molecule has 130 valence electrons. The molecule has 0 saturated carbocycles. The Morgan fingerprint density at radius 2 is 1.80 bits per heavy atom. The molecule has 0 aliphatic heterocycles. The van der Waals surface area contributed by atoms with Crippen molar-refractivity contribution in [2.45, 2.75) is 6.54 Å². The van der Waals surface area contributed by atoms with Gasteiger partial charge in [0, 0.05) is 37.8 Å². The maximum atomic E-state index is 12.3. The van der Waals surface area contributed by atoms with Crippen molar-refractivity contribution >= 4 is 17.9 Å². The van der Waals surface area contributed by atoms with E-state index in [-0.39, 0.29) is 11.8 Å². The van der Waals surface area contributed by atoms with Crippen molar-refractivity contribution < 1.29 is 14.3 Å². The van der Waals surface area contributed by atoms with Gasteiger partial charge in [-0.05, 0) is 29.8 Å². The lowest BCUT2D eigenvalue weighted by atomic mass is 10.1. The molecule has 5 nitrogen and oxygen atoms in total. The fourth-order valence-electron chi connectivity index (χ4n) is 2.35. The van der Waals surface area contributed by atoms with Crippen LogP contribution in [0.25, 0.3) is 6.08 Å². The first-order valence-corrected chi connectivity index (χ1v) is 7.92. The summed E-state index contributed by atoms with van der Waals surface area (Å²) in [7, 11) is 4.93. The van der Waals surface area contributed by atoms with Crippen molar-refractivity contribution in [1.82, 2.24) is 10.2 Å². The summed E-state index contributed by atoms with van der Waals surface area (Å²) in [6.07, 6.45) is 3.27. The minimum atomic E-state index is -0.129. The summed E-state index contributed by atoms with van der Waals surface area (Å²) < 4.78 is 5.26. The van der Waals surface area contributed by atoms with Crippen LogP contribution in [0.1, 0.15) is 21.5 Å². The number of ether oxygens (including phenoxy) is 1. The predicted octanol–water partition coefficient (Wildman–Crippen LogP) is 2.73. The average Bonchev–Trinajstić information content (AvgIpc) is 2.66. The Hall–Kier alpha value is -3.08. The summed E-state index contributed by atoms with van der Waals surface area (Å²) in [5.41, 5.74) is 2.40. The van der Waals surface area contributed by atoms with Crippen LogP contribution in [0.5, 0.6) is 5.75 Å². The maximum absolute atomic E-state index is 12.3. The third kappa shape index (κ3) is 4.94. The van der Waals surface area contributed by atoms with Gasteiger partial charge in [-0.25, -0.2) is 0 Å². The lowest BCUT2D eigenvalue weighted by Crippen LogP contribution is -2.24. The van der Waals surface area contributed by atoms with E-state index in [0.29, 0.717) is 12.1 Å². The van der Waals surface area contributed by atoms with Crippen LogP contribution in [-0.2, 0) is 11.3 Å². The van der Waals surface area contributed by atoms with E-state index < -0.39 is 0 Å². The van der Waals surface area contributed by atoms with E-state index in [2.05, 4.69) is 5.32 Å². The molecule has 0 heterocycles. The zero-order chi connectivity index (χ0) is 18.2. The van der Waals surface area contributed by atoms with Gasteiger partial charge in [-0.1, -0.05) is 30.3 Å². The van der Waals surface area contributed by atoms with Crippen LogP contribution in [0.4, 0.5) is 0 Å². The highest BCUT2D eigenvalue weighted by molar-refractivity contribution is 5.94. The number of nitrogens with one attached hydrogen (secondary N) is 1. The fraction of sp³-hybridized carbons (Fsp3) is 0.200. The minimum Gasteiger partial charge on any atom is -0.496 e. The second kappa shape index (κ2) is 8.68. The van der Waals surface area contributed by atoms with E-state index in [1.807, 2.05) is 36.4 Å². The summed E-state index contributed by atoms with van der Waals surface area (Å²) in [6, 6.07) is 14.7. The van der Waals surface area contributed by atoms with Gasteiger partial charge in [0.2, 0.25) is 5.91 Å². The molecule has 0 spiro atoms. The highest BCUT2D eigenvalue weighted by Gasteiger charge is 2.08. The molecule has 25 heavy (non-hydrogen) atoms. The Balaban J connectivity index is 2.00. The molecular weight excluding hydrogens is 316 g/mol. The van der Waals surface area contributed by atoms with Crippen molar-refractivity contribution in [3.8, 4) is 5.75 Å². The quantitative estimate of drug-likeness (QED) is 0.824. The average molecular weight is 338 g/mol.